The summed E-state index contributed by atoms with van der Waals surface area (Å²) in [7, 11) is -1.86. The van der Waals surface area contributed by atoms with Gasteiger partial charge < -0.3 is 10.5 Å². The molecule has 124 valence electrons. The highest BCUT2D eigenvalue weighted by molar-refractivity contribution is 7.89. The molecule has 2 rings (SSSR count). The van der Waals surface area contributed by atoms with Crippen LogP contribution < -0.4 is 10.5 Å². The lowest BCUT2D eigenvalue weighted by atomic mass is 9.99. The van der Waals surface area contributed by atoms with Gasteiger partial charge in [-0.05, 0) is 42.9 Å². The van der Waals surface area contributed by atoms with Crippen LogP contribution in [0.4, 0.5) is 0 Å². The van der Waals surface area contributed by atoms with Crippen LogP contribution in [-0.4, -0.2) is 34.7 Å². The summed E-state index contributed by atoms with van der Waals surface area (Å²) < 4.78 is 32.8. The molecule has 1 aromatic rings. The average Bonchev–Trinajstić information content (AvgIpc) is 3.05. The molecule has 0 spiro atoms. The molecule has 1 fully saturated rings. The van der Waals surface area contributed by atoms with Crippen LogP contribution in [0, 0.1) is 5.92 Å². The van der Waals surface area contributed by atoms with Gasteiger partial charge in [-0.3, -0.25) is 0 Å². The Morgan fingerprint density at radius 3 is 2.45 bits per heavy atom. The van der Waals surface area contributed by atoms with Crippen LogP contribution in [0.1, 0.15) is 31.2 Å². The highest BCUT2D eigenvalue weighted by atomic mass is 32.2. The molecule has 1 aliphatic rings. The van der Waals surface area contributed by atoms with Crippen molar-refractivity contribution in [3.05, 3.63) is 29.8 Å². The number of nitrogens with one attached hydrogen (secondary N) is 1. The molecule has 1 atom stereocenters. The SMILES string of the molecule is COCCc1ccc(S(=O)(=O)NC(CN)C2CCCC2)cc1. The number of hydrogen-bond acceptors (Lipinski definition) is 4. The van der Waals surface area contributed by atoms with Crippen LogP contribution in [0.2, 0.25) is 0 Å². The fourth-order valence-electron chi connectivity index (χ4n) is 3.02. The van der Waals surface area contributed by atoms with Crippen molar-refractivity contribution < 1.29 is 13.2 Å². The van der Waals surface area contributed by atoms with Crippen LogP contribution in [0.5, 0.6) is 0 Å². The highest BCUT2D eigenvalue weighted by Gasteiger charge is 2.28. The zero-order valence-corrected chi connectivity index (χ0v) is 13.9. The number of rotatable bonds is 8. The van der Waals surface area contributed by atoms with Crippen LogP contribution in [0.3, 0.4) is 0 Å². The number of sulfonamides is 1. The van der Waals surface area contributed by atoms with Gasteiger partial charge in [-0.25, -0.2) is 13.1 Å². The standard InChI is InChI=1S/C16H26N2O3S/c1-21-11-10-13-6-8-15(9-7-13)22(19,20)18-16(12-17)14-4-2-3-5-14/h6-9,14,16,18H,2-5,10-12,17H2,1H3. The minimum atomic E-state index is -3.51. The molecule has 1 aliphatic carbocycles. The molecule has 0 heterocycles. The van der Waals surface area contributed by atoms with E-state index in [4.69, 9.17) is 10.5 Å². The monoisotopic (exact) mass is 326 g/mol. The Labute approximate surface area is 133 Å². The Kier molecular flexibility index (Phi) is 6.37. The molecular formula is C16H26N2O3S. The molecule has 22 heavy (non-hydrogen) atoms. The lowest BCUT2D eigenvalue weighted by molar-refractivity contribution is 0.202. The van der Waals surface area contributed by atoms with Gasteiger partial charge in [0.1, 0.15) is 0 Å². The van der Waals surface area contributed by atoms with Gasteiger partial charge in [-0.2, -0.15) is 0 Å². The van der Waals surface area contributed by atoms with Gasteiger partial charge in [-0.1, -0.05) is 25.0 Å². The largest absolute Gasteiger partial charge is 0.384 e. The van der Waals surface area contributed by atoms with Gasteiger partial charge in [0.05, 0.1) is 11.5 Å². The van der Waals surface area contributed by atoms with Crippen molar-refractivity contribution in [2.24, 2.45) is 11.7 Å². The van der Waals surface area contributed by atoms with E-state index < -0.39 is 10.0 Å². The first kappa shape index (κ1) is 17.4. The summed E-state index contributed by atoms with van der Waals surface area (Å²) in [5.41, 5.74) is 6.84. The third-order valence-corrected chi connectivity index (χ3v) is 5.86. The van der Waals surface area contributed by atoms with Crippen LogP contribution in [0.25, 0.3) is 0 Å². The van der Waals surface area contributed by atoms with E-state index in [9.17, 15) is 8.42 Å². The fraction of sp³-hybridized carbons (Fsp3) is 0.625. The smallest absolute Gasteiger partial charge is 0.240 e. The van der Waals surface area contributed by atoms with Crippen molar-refractivity contribution in [3.63, 3.8) is 0 Å². The third kappa shape index (κ3) is 4.52. The topological polar surface area (TPSA) is 81.4 Å². The first-order valence-corrected chi connectivity index (χ1v) is 9.35. The Bertz CT molecular complexity index is 551. The molecule has 0 amide bonds. The predicted molar refractivity (Wildman–Crippen MR) is 87.1 cm³/mol. The Morgan fingerprint density at radius 2 is 1.91 bits per heavy atom. The number of hydrogen-bond donors (Lipinski definition) is 2. The third-order valence-electron chi connectivity index (χ3n) is 4.36. The molecule has 0 radical (unpaired) electrons. The lowest BCUT2D eigenvalue weighted by Crippen LogP contribution is -2.44. The molecule has 0 aromatic heterocycles. The predicted octanol–water partition coefficient (Wildman–Crippen LogP) is 1.67. The van der Waals surface area contributed by atoms with Gasteiger partial charge in [0.2, 0.25) is 10.0 Å². The van der Waals surface area contributed by atoms with Crippen molar-refractivity contribution in [1.82, 2.24) is 4.72 Å². The van der Waals surface area contributed by atoms with Crippen molar-refractivity contribution in [3.8, 4) is 0 Å². The van der Waals surface area contributed by atoms with E-state index in [0.29, 0.717) is 24.0 Å². The number of methoxy groups -OCH3 is 1. The zero-order valence-electron chi connectivity index (χ0n) is 13.1. The summed E-state index contributed by atoms with van der Waals surface area (Å²) in [6.07, 6.45) is 5.21. The van der Waals surface area contributed by atoms with Crippen molar-refractivity contribution in [1.29, 1.82) is 0 Å². The Balaban J connectivity index is 2.05. The summed E-state index contributed by atoms with van der Waals surface area (Å²) >= 11 is 0. The van der Waals surface area contributed by atoms with Gasteiger partial charge in [0.25, 0.3) is 0 Å². The Morgan fingerprint density at radius 1 is 1.27 bits per heavy atom. The zero-order chi connectivity index (χ0) is 16.0. The van der Waals surface area contributed by atoms with E-state index in [-0.39, 0.29) is 6.04 Å². The first-order valence-electron chi connectivity index (χ1n) is 7.87. The van der Waals surface area contributed by atoms with Gasteiger partial charge in [-0.15, -0.1) is 0 Å². The Hall–Kier alpha value is -0.950. The van der Waals surface area contributed by atoms with E-state index in [1.807, 2.05) is 12.1 Å². The van der Waals surface area contributed by atoms with E-state index in [1.54, 1.807) is 19.2 Å². The van der Waals surface area contributed by atoms with Gasteiger partial charge >= 0.3 is 0 Å². The van der Waals surface area contributed by atoms with Crippen LogP contribution in [-0.2, 0) is 21.2 Å². The molecule has 5 nitrogen and oxygen atoms in total. The summed E-state index contributed by atoms with van der Waals surface area (Å²) in [5.74, 6) is 0.362. The molecule has 1 aromatic carbocycles. The second-order valence-electron chi connectivity index (χ2n) is 5.89. The second-order valence-corrected chi connectivity index (χ2v) is 7.61. The molecule has 0 saturated heterocycles. The molecule has 0 aliphatic heterocycles. The minimum absolute atomic E-state index is 0.166. The first-order chi connectivity index (χ1) is 10.6. The fourth-order valence-corrected chi connectivity index (χ4v) is 4.34. The summed E-state index contributed by atoms with van der Waals surface area (Å²) in [6, 6.07) is 6.80. The lowest BCUT2D eigenvalue weighted by Gasteiger charge is -2.23. The number of benzene rings is 1. The second kappa shape index (κ2) is 8.06. The van der Waals surface area contributed by atoms with Gasteiger partial charge in [0.15, 0.2) is 0 Å². The van der Waals surface area contributed by atoms with E-state index in [0.717, 1.165) is 37.7 Å². The molecule has 1 unspecified atom stereocenters. The average molecular weight is 326 g/mol. The summed E-state index contributed by atoms with van der Waals surface area (Å²) in [4.78, 5) is 0.296. The molecule has 3 N–H and O–H groups in total. The maximum absolute atomic E-state index is 12.5. The quantitative estimate of drug-likeness (QED) is 0.761. The number of ether oxygens (including phenoxy) is 1. The van der Waals surface area contributed by atoms with Crippen molar-refractivity contribution in [2.75, 3.05) is 20.3 Å². The van der Waals surface area contributed by atoms with E-state index >= 15 is 0 Å². The van der Waals surface area contributed by atoms with Crippen molar-refractivity contribution >= 4 is 10.0 Å². The van der Waals surface area contributed by atoms with Crippen LogP contribution in [0.15, 0.2) is 29.2 Å². The molecule has 6 heteroatoms. The van der Waals surface area contributed by atoms with Crippen LogP contribution >= 0.6 is 0 Å². The maximum atomic E-state index is 12.5. The van der Waals surface area contributed by atoms with E-state index in [2.05, 4.69) is 4.72 Å². The molecule has 0 bridgehead atoms. The molecular weight excluding hydrogens is 300 g/mol. The molecule has 1 saturated carbocycles. The van der Waals surface area contributed by atoms with Gasteiger partial charge in [0, 0.05) is 19.7 Å². The summed E-state index contributed by atoms with van der Waals surface area (Å²) in [5, 5.41) is 0. The highest BCUT2D eigenvalue weighted by Crippen LogP contribution is 2.28. The minimum Gasteiger partial charge on any atom is -0.384 e. The van der Waals surface area contributed by atoms with E-state index in [1.165, 1.54) is 0 Å². The summed E-state index contributed by atoms with van der Waals surface area (Å²) in [6.45, 7) is 0.969. The van der Waals surface area contributed by atoms with Crippen molar-refractivity contribution in [2.45, 2.75) is 43.0 Å². The number of nitrogens with two attached hydrogens (primary N) is 1. The maximum Gasteiger partial charge on any atom is 0.240 e. The normalized spacial score (nSPS) is 17.7.